The fourth-order valence-corrected chi connectivity index (χ4v) is 1.18. The monoisotopic (exact) mass is 181 g/mol. The van der Waals surface area contributed by atoms with Crippen molar-refractivity contribution in [2.45, 2.75) is 13.0 Å². The molecule has 0 bridgehead atoms. The number of ether oxygens (including phenoxy) is 2. The van der Waals surface area contributed by atoms with E-state index in [0.29, 0.717) is 5.69 Å². The third-order valence-electron chi connectivity index (χ3n) is 2.09. The Kier molecular flexibility index (Phi) is 3.14. The first-order valence-electron chi connectivity index (χ1n) is 4.15. The SMILES string of the molecule is COc1ccc(C(C)OC)c(N)c1. The molecule has 0 saturated carbocycles. The first kappa shape index (κ1) is 9.86. The topological polar surface area (TPSA) is 44.5 Å². The molecular formula is C10H15NO2. The van der Waals surface area contributed by atoms with Crippen LogP contribution in [0.4, 0.5) is 5.69 Å². The third kappa shape index (κ3) is 2.12. The summed E-state index contributed by atoms with van der Waals surface area (Å²) in [5.41, 5.74) is 7.51. The second-order valence-electron chi connectivity index (χ2n) is 2.87. The fourth-order valence-electron chi connectivity index (χ4n) is 1.18. The lowest BCUT2D eigenvalue weighted by Gasteiger charge is -2.13. The summed E-state index contributed by atoms with van der Waals surface area (Å²) < 4.78 is 10.2. The largest absolute Gasteiger partial charge is 0.497 e. The molecule has 3 nitrogen and oxygen atoms in total. The van der Waals surface area contributed by atoms with Crippen LogP contribution in [-0.2, 0) is 4.74 Å². The molecule has 0 fully saturated rings. The van der Waals surface area contributed by atoms with Crippen LogP contribution in [0.15, 0.2) is 18.2 Å². The molecule has 1 aromatic carbocycles. The highest BCUT2D eigenvalue weighted by Crippen LogP contribution is 2.26. The minimum absolute atomic E-state index is 0.0194. The van der Waals surface area contributed by atoms with Gasteiger partial charge in [-0.25, -0.2) is 0 Å². The van der Waals surface area contributed by atoms with Crippen LogP contribution in [0.1, 0.15) is 18.6 Å². The Bertz CT molecular complexity index is 286. The summed E-state index contributed by atoms with van der Waals surface area (Å²) in [7, 11) is 3.28. The molecule has 1 rings (SSSR count). The maximum atomic E-state index is 5.81. The van der Waals surface area contributed by atoms with E-state index in [-0.39, 0.29) is 6.10 Å². The van der Waals surface area contributed by atoms with Gasteiger partial charge in [-0.1, -0.05) is 6.07 Å². The van der Waals surface area contributed by atoms with E-state index >= 15 is 0 Å². The van der Waals surface area contributed by atoms with Crippen molar-refractivity contribution in [3.8, 4) is 5.75 Å². The Labute approximate surface area is 78.5 Å². The lowest BCUT2D eigenvalue weighted by Crippen LogP contribution is -2.01. The number of nitrogen functional groups attached to an aromatic ring is 1. The third-order valence-corrected chi connectivity index (χ3v) is 2.09. The van der Waals surface area contributed by atoms with E-state index in [2.05, 4.69) is 0 Å². The summed E-state index contributed by atoms with van der Waals surface area (Å²) >= 11 is 0. The maximum absolute atomic E-state index is 5.81. The Morgan fingerprint density at radius 2 is 2.00 bits per heavy atom. The van der Waals surface area contributed by atoms with Gasteiger partial charge in [0.15, 0.2) is 0 Å². The summed E-state index contributed by atoms with van der Waals surface area (Å²) in [6.45, 7) is 1.96. The lowest BCUT2D eigenvalue weighted by atomic mass is 10.1. The van der Waals surface area contributed by atoms with Crippen LogP contribution in [-0.4, -0.2) is 14.2 Å². The van der Waals surface area contributed by atoms with E-state index in [0.717, 1.165) is 11.3 Å². The molecule has 3 heteroatoms. The van der Waals surface area contributed by atoms with Gasteiger partial charge in [0.05, 0.1) is 13.2 Å². The Morgan fingerprint density at radius 3 is 2.46 bits per heavy atom. The van der Waals surface area contributed by atoms with Crippen molar-refractivity contribution >= 4 is 5.69 Å². The number of anilines is 1. The van der Waals surface area contributed by atoms with Crippen LogP contribution in [0.3, 0.4) is 0 Å². The van der Waals surface area contributed by atoms with Crippen LogP contribution in [0.2, 0.25) is 0 Å². The Hall–Kier alpha value is -1.22. The number of methoxy groups -OCH3 is 2. The summed E-state index contributed by atoms with van der Waals surface area (Å²) in [4.78, 5) is 0. The summed E-state index contributed by atoms with van der Waals surface area (Å²) in [5.74, 6) is 0.768. The van der Waals surface area contributed by atoms with Crippen molar-refractivity contribution in [3.05, 3.63) is 23.8 Å². The average Bonchev–Trinajstić information content (AvgIpc) is 2.16. The van der Waals surface area contributed by atoms with Crippen molar-refractivity contribution in [1.82, 2.24) is 0 Å². The molecule has 1 unspecified atom stereocenters. The van der Waals surface area contributed by atoms with Crippen molar-refractivity contribution < 1.29 is 9.47 Å². The molecular weight excluding hydrogens is 166 g/mol. The summed E-state index contributed by atoms with van der Waals surface area (Å²) in [5, 5.41) is 0. The number of nitrogens with two attached hydrogens (primary N) is 1. The van der Waals surface area contributed by atoms with Gasteiger partial charge in [-0.15, -0.1) is 0 Å². The minimum Gasteiger partial charge on any atom is -0.497 e. The number of hydrogen-bond donors (Lipinski definition) is 1. The molecule has 0 aliphatic carbocycles. The molecule has 1 aromatic rings. The van der Waals surface area contributed by atoms with Crippen molar-refractivity contribution in [1.29, 1.82) is 0 Å². The lowest BCUT2D eigenvalue weighted by molar-refractivity contribution is 0.120. The first-order chi connectivity index (χ1) is 6.19. The molecule has 0 heterocycles. The average molecular weight is 181 g/mol. The van der Waals surface area contributed by atoms with E-state index < -0.39 is 0 Å². The second kappa shape index (κ2) is 4.14. The van der Waals surface area contributed by atoms with Gasteiger partial charge < -0.3 is 15.2 Å². The molecule has 13 heavy (non-hydrogen) atoms. The molecule has 0 spiro atoms. The maximum Gasteiger partial charge on any atom is 0.120 e. The smallest absolute Gasteiger partial charge is 0.120 e. The highest BCUT2D eigenvalue weighted by Gasteiger charge is 2.07. The number of benzene rings is 1. The quantitative estimate of drug-likeness (QED) is 0.725. The van der Waals surface area contributed by atoms with Crippen molar-refractivity contribution in [2.75, 3.05) is 20.0 Å². The highest BCUT2D eigenvalue weighted by atomic mass is 16.5. The minimum atomic E-state index is 0.0194. The van der Waals surface area contributed by atoms with Gasteiger partial charge in [0.2, 0.25) is 0 Å². The summed E-state index contributed by atoms with van der Waals surface area (Å²) in [6.07, 6.45) is 0.0194. The standard InChI is InChI=1S/C10H15NO2/c1-7(12-2)9-5-4-8(13-3)6-10(9)11/h4-7H,11H2,1-3H3. The molecule has 0 aliphatic rings. The molecule has 0 aromatic heterocycles. The van der Waals surface area contributed by atoms with Gasteiger partial charge in [0.25, 0.3) is 0 Å². The van der Waals surface area contributed by atoms with Gasteiger partial charge in [0.1, 0.15) is 5.75 Å². The van der Waals surface area contributed by atoms with Crippen molar-refractivity contribution in [2.24, 2.45) is 0 Å². The normalized spacial score (nSPS) is 12.5. The van der Waals surface area contributed by atoms with E-state index in [1.54, 1.807) is 20.3 Å². The molecule has 2 N–H and O–H groups in total. The second-order valence-corrected chi connectivity index (χ2v) is 2.87. The number of hydrogen-bond acceptors (Lipinski definition) is 3. The zero-order valence-corrected chi connectivity index (χ0v) is 8.20. The molecule has 72 valence electrons. The number of rotatable bonds is 3. The molecule has 0 aliphatic heterocycles. The predicted molar refractivity (Wildman–Crippen MR) is 52.8 cm³/mol. The molecule has 0 radical (unpaired) electrons. The first-order valence-corrected chi connectivity index (χ1v) is 4.15. The van der Waals surface area contributed by atoms with Crippen molar-refractivity contribution in [3.63, 3.8) is 0 Å². The molecule has 0 saturated heterocycles. The fraction of sp³-hybridized carbons (Fsp3) is 0.400. The summed E-state index contributed by atoms with van der Waals surface area (Å²) in [6, 6.07) is 5.59. The van der Waals surface area contributed by atoms with E-state index in [1.807, 2.05) is 19.1 Å². The van der Waals surface area contributed by atoms with Crippen LogP contribution in [0.5, 0.6) is 5.75 Å². The van der Waals surface area contributed by atoms with Gasteiger partial charge in [0, 0.05) is 24.4 Å². The van der Waals surface area contributed by atoms with E-state index in [4.69, 9.17) is 15.2 Å². The van der Waals surface area contributed by atoms with Gasteiger partial charge in [-0.05, 0) is 13.0 Å². The van der Waals surface area contributed by atoms with Gasteiger partial charge >= 0.3 is 0 Å². The predicted octanol–water partition coefficient (Wildman–Crippen LogP) is 1.98. The van der Waals surface area contributed by atoms with E-state index in [1.165, 1.54) is 0 Å². The van der Waals surface area contributed by atoms with Gasteiger partial charge in [-0.3, -0.25) is 0 Å². The van der Waals surface area contributed by atoms with Crippen LogP contribution >= 0.6 is 0 Å². The van der Waals surface area contributed by atoms with E-state index in [9.17, 15) is 0 Å². The zero-order valence-electron chi connectivity index (χ0n) is 8.20. The van der Waals surface area contributed by atoms with Crippen LogP contribution in [0.25, 0.3) is 0 Å². The Morgan fingerprint density at radius 1 is 1.31 bits per heavy atom. The van der Waals surface area contributed by atoms with Crippen LogP contribution < -0.4 is 10.5 Å². The zero-order chi connectivity index (χ0) is 9.84. The van der Waals surface area contributed by atoms with Gasteiger partial charge in [-0.2, -0.15) is 0 Å². The molecule has 1 atom stereocenters. The molecule has 0 amide bonds. The Balaban J connectivity index is 2.98. The highest BCUT2D eigenvalue weighted by molar-refractivity contribution is 5.52. The van der Waals surface area contributed by atoms with Crippen LogP contribution in [0, 0.1) is 0 Å².